The molecule has 0 aliphatic heterocycles. The van der Waals surface area contributed by atoms with Crippen LogP contribution in [0.25, 0.3) is 0 Å². The summed E-state index contributed by atoms with van der Waals surface area (Å²) in [7, 11) is 0. The Kier molecular flexibility index (Phi) is 3.81. The Labute approximate surface area is 100 Å². The molecule has 1 aromatic carbocycles. The maximum atomic E-state index is 3.65. The van der Waals surface area contributed by atoms with Gasteiger partial charge in [-0.25, -0.2) is 0 Å². The molecule has 1 aliphatic rings. The summed E-state index contributed by atoms with van der Waals surface area (Å²) in [5, 5.41) is 3.64. The first-order valence-corrected chi connectivity index (χ1v) is 6.54. The summed E-state index contributed by atoms with van der Waals surface area (Å²) in [6, 6.07) is 7.21. The van der Waals surface area contributed by atoms with Gasteiger partial charge in [0.05, 0.1) is 0 Å². The zero-order valence-corrected chi connectivity index (χ0v) is 10.8. The van der Waals surface area contributed by atoms with Gasteiger partial charge in [0.15, 0.2) is 0 Å². The van der Waals surface area contributed by atoms with Crippen LogP contribution >= 0.6 is 15.9 Å². The number of rotatable bonds is 3. The van der Waals surface area contributed by atoms with Crippen LogP contribution in [0.4, 0.5) is 0 Å². The average Bonchev–Trinajstić information content (AvgIpc) is 2.73. The number of hydrogen-bond acceptors (Lipinski definition) is 1. The molecule has 0 atom stereocenters. The van der Waals surface area contributed by atoms with Gasteiger partial charge in [0, 0.05) is 17.1 Å². The second kappa shape index (κ2) is 5.13. The van der Waals surface area contributed by atoms with Crippen molar-refractivity contribution in [1.29, 1.82) is 0 Å². The topological polar surface area (TPSA) is 12.0 Å². The molecule has 1 fully saturated rings. The summed E-state index contributed by atoms with van der Waals surface area (Å²) < 4.78 is 1.26. The standard InChI is InChI=1S/C13H18BrN/c1-10-5-4-6-11(13(10)14)9-15-12-7-2-3-8-12/h4-6,12,15H,2-3,7-9H2,1H3. The first-order valence-electron chi connectivity index (χ1n) is 5.75. The Bertz CT molecular complexity index is 329. The van der Waals surface area contributed by atoms with E-state index in [4.69, 9.17) is 0 Å². The fourth-order valence-corrected chi connectivity index (χ4v) is 2.63. The van der Waals surface area contributed by atoms with E-state index < -0.39 is 0 Å². The van der Waals surface area contributed by atoms with Gasteiger partial charge in [-0.1, -0.05) is 47.0 Å². The van der Waals surface area contributed by atoms with Gasteiger partial charge in [-0.3, -0.25) is 0 Å². The van der Waals surface area contributed by atoms with E-state index in [-0.39, 0.29) is 0 Å². The molecule has 0 saturated heterocycles. The van der Waals surface area contributed by atoms with Crippen LogP contribution in [0, 0.1) is 6.92 Å². The summed E-state index contributed by atoms with van der Waals surface area (Å²) in [6.45, 7) is 3.14. The molecule has 0 amide bonds. The third kappa shape index (κ3) is 2.82. The second-order valence-corrected chi connectivity index (χ2v) is 5.20. The molecule has 0 heterocycles. The highest BCUT2D eigenvalue weighted by Crippen LogP contribution is 2.22. The highest BCUT2D eigenvalue weighted by atomic mass is 79.9. The van der Waals surface area contributed by atoms with Crippen LogP contribution in [0.3, 0.4) is 0 Å². The van der Waals surface area contributed by atoms with Crippen molar-refractivity contribution in [2.24, 2.45) is 0 Å². The maximum absolute atomic E-state index is 3.65. The highest BCUT2D eigenvalue weighted by Gasteiger charge is 2.14. The van der Waals surface area contributed by atoms with E-state index in [1.165, 1.54) is 41.3 Å². The van der Waals surface area contributed by atoms with Crippen molar-refractivity contribution < 1.29 is 0 Å². The van der Waals surface area contributed by atoms with Gasteiger partial charge in [-0.2, -0.15) is 0 Å². The molecule has 82 valence electrons. The SMILES string of the molecule is Cc1cccc(CNC2CCCC2)c1Br. The van der Waals surface area contributed by atoms with Crippen LogP contribution in [0.15, 0.2) is 22.7 Å². The molecule has 0 unspecified atom stereocenters. The molecule has 1 aliphatic carbocycles. The maximum Gasteiger partial charge on any atom is 0.0249 e. The lowest BCUT2D eigenvalue weighted by atomic mass is 10.1. The molecular formula is C13H18BrN. The average molecular weight is 268 g/mol. The van der Waals surface area contributed by atoms with Crippen molar-refractivity contribution in [3.63, 3.8) is 0 Å². The molecule has 1 N–H and O–H groups in total. The predicted octanol–water partition coefficient (Wildman–Crippen LogP) is 3.79. The molecule has 1 nitrogen and oxygen atoms in total. The summed E-state index contributed by atoms with van der Waals surface area (Å²) in [5.74, 6) is 0. The Morgan fingerprint density at radius 1 is 1.33 bits per heavy atom. The van der Waals surface area contributed by atoms with Gasteiger partial charge in [-0.05, 0) is 30.9 Å². The molecule has 1 aromatic rings. The van der Waals surface area contributed by atoms with Crippen molar-refractivity contribution in [2.45, 2.75) is 45.2 Å². The number of hydrogen-bond donors (Lipinski definition) is 1. The number of nitrogens with one attached hydrogen (secondary N) is 1. The fourth-order valence-electron chi connectivity index (χ4n) is 2.23. The molecular weight excluding hydrogens is 250 g/mol. The predicted molar refractivity (Wildman–Crippen MR) is 68.0 cm³/mol. The Morgan fingerprint density at radius 2 is 2.07 bits per heavy atom. The minimum atomic E-state index is 0.748. The lowest BCUT2D eigenvalue weighted by molar-refractivity contribution is 0.523. The molecule has 0 radical (unpaired) electrons. The zero-order chi connectivity index (χ0) is 10.7. The van der Waals surface area contributed by atoms with Crippen LogP contribution in [0.1, 0.15) is 36.8 Å². The van der Waals surface area contributed by atoms with E-state index in [9.17, 15) is 0 Å². The summed E-state index contributed by atoms with van der Waals surface area (Å²) in [5.41, 5.74) is 2.70. The minimum absolute atomic E-state index is 0.748. The van der Waals surface area contributed by atoms with Gasteiger partial charge in [-0.15, -0.1) is 0 Å². The fraction of sp³-hybridized carbons (Fsp3) is 0.538. The van der Waals surface area contributed by atoms with Crippen LogP contribution in [-0.2, 0) is 6.54 Å². The van der Waals surface area contributed by atoms with Crippen LogP contribution in [-0.4, -0.2) is 6.04 Å². The van der Waals surface area contributed by atoms with Crippen molar-refractivity contribution >= 4 is 15.9 Å². The zero-order valence-electron chi connectivity index (χ0n) is 9.22. The van der Waals surface area contributed by atoms with Crippen molar-refractivity contribution in [3.05, 3.63) is 33.8 Å². The minimum Gasteiger partial charge on any atom is -0.310 e. The van der Waals surface area contributed by atoms with Gasteiger partial charge < -0.3 is 5.32 Å². The Morgan fingerprint density at radius 3 is 2.80 bits per heavy atom. The van der Waals surface area contributed by atoms with E-state index in [1.807, 2.05) is 0 Å². The third-order valence-corrected chi connectivity index (χ3v) is 4.34. The Balaban J connectivity index is 1.95. The molecule has 0 bridgehead atoms. The molecule has 0 spiro atoms. The summed E-state index contributed by atoms with van der Waals surface area (Å²) in [6.07, 6.45) is 5.49. The first-order chi connectivity index (χ1) is 7.27. The van der Waals surface area contributed by atoms with Crippen LogP contribution < -0.4 is 5.32 Å². The first kappa shape index (κ1) is 11.2. The monoisotopic (exact) mass is 267 g/mol. The largest absolute Gasteiger partial charge is 0.310 e. The van der Waals surface area contributed by atoms with Gasteiger partial charge in [0.2, 0.25) is 0 Å². The molecule has 15 heavy (non-hydrogen) atoms. The van der Waals surface area contributed by atoms with Gasteiger partial charge >= 0.3 is 0 Å². The van der Waals surface area contributed by atoms with Crippen molar-refractivity contribution in [2.75, 3.05) is 0 Å². The van der Waals surface area contributed by atoms with Gasteiger partial charge in [0.1, 0.15) is 0 Å². The number of aryl methyl sites for hydroxylation is 1. The molecule has 1 saturated carbocycles. The van der Waals surface area contributed by atoms with Crippen molar-refractivity contribution in [1.82, 2.24) is 5.32 Å². The molecule has 2 rings (SSSR count). The lowest BCUT2D eigenvalue weighted by Gasteiger charge is -2.13. The number of halogens is 1. The lowest BCUT2D eigenvalue weighted by Crippen LogP contribution is -2.25. The molecule has 0 aromatic heterocycles. The number of benzene rings is 1. The second-order valence-electron chi connectivity index (χ2n) is 4.41. The van der Waals surface area contributed by atoms with E-state index in [2.05, 4.69) is 46.4 Å². The molecule has 2 heteroatoms. The van der Waals surface area contributed by atoms with Crippen LogP contribution in [0.5, 0.6) is 0 Å². The van der Waals surface area contributed by atoms with Gasteiger partial charge in [0.25, 0.3) is 0 Å². The van der Waals surface area contributed by atoms with E-state index >= 15 is 0 Å². The van der Waals surface area contributed by atoms with E-state index in [0.29, 0.717) is 0 Å². The van der Waals surface area contributed by atoms with E-state index in [1.54, 1.807) is 0 Å². The quantitative estimate of drug-likeness (QED) is 0.879. The van der Waals surface area contributed by atoms with Crippen molar-refractivity contribution in [3.8, 4) is 0 Å². The van der Waals surface area contributed by atoms with E-state index in [0.717, 1.165) is 12.6 Å². The smallest absolute Gasteiger partial charge is 0.0249 e. The summed E-state index contributed by atoms with van der Waals surface area (Å²) >= 11 is 3.65. The third-order valence-electron chi connectivity index (χ3n) is 3.21. The highest BCUT2D eigenvalue weighted by molar-refractivity contribution is 9.10. The normalized spacial score (nSPS) is 17.2. The Hall–Kier alpha value is -0.340. The summed E-state index contributed by atoms with van der Waals surface area (Å²) in [4.78, 5) is 0. The van der Waals surface area contributed by atoms with Crippen LogP contribution in [0.2, 0.25) is 0 Å².